The normalized spacial score (nSPS) is 16.1. The first kappa shape index (κ1) is 18.5. The van der Waals surface area contributed by atoms with E-state index in [1.807, 2.05) is 6.07 Å². The summed E-state index contributed by atoms with van der Waals surface area (Å²) in [7, 11) is -3.95. The van der Waals surface area contributed by atoms with Crippen molar-refractivity contribution in [2.24, 2.45) is 0 Å². The minimum Gasteiger partial charge on any atom is -0.280 e. The summed E-state index contributed by atoms with van der Waals surface area (Å²) in [6.45, 7) is 0. The lowest BCUT2D eigenvalue weighted by molar-refractivity contribution is -0.137. The highest BCUT2D eigenvalue weighted by atomic mass is 32.2. The third-order valence-corrected chi connectivity index (χ3v) is 8.03. The second kappa shape index (κ2) is 7.13. The van der Waals surface area contributed by atoms with E-state index in [2.05, 4.69) is 4.72 Å². The molecule has 9 heteroatoms. The van der Waals surface area contributed by atoms with Gasteiger partial charge in [0.1, 0.15) is 0 Å². The third kappa shape index (κ3) is 4.45. The topological polar surface area (TPSA) is 46.2 Å². The first-order valence-electron chi connectivity index (χ1n) is 7.29. The van der Waals surface area contributed by atoms with Crippen molar-refractivity contribution in [3.63, 3.8) is 0 Å². The summed E-state index contributed by atoms with van der Waals surface area (Å²) < 4.78 is 65.2. The molecule has 0 atom stereocenters. The van der Waals surface area contributed by atoms with E-state index in [0.717, 1.165) is 41.3 Å². The zero-order valence-electron chi connectivity index (χ0n) is 12.8. The van der Waals surface area contributed by atoms with E-state index in [-0.39, 0.29) is 9.48 Å². The second-order valence-corrected chi connectivity index (χ2v) is 9.73. The van der Waals surface area contributed by atoms with Gasteiger partial charge in [-0.15, -0.1) is 23.5 Å². The van der Waals surface area contributed by atoms with Gasteiger partial charge in [0, 0.05) is 17.2 Å². The average molecular weight is 405 g/mol. The molecule has 0 spiro atoms. The molecule has 1 heterocycles. The smallest absolute Gasteiger partial charge is 0.280 e. The fourth-order valence-corrected chi connectivity index (χ4v) is 6.22. The van der Waals surface area contributed by atoms with Crippen molar-refractivity contribution in [1.82, 2.24) is 0 Å². The largest absolute Gasteiger partial charge is 0.416 e. The molecule has 3 rings (SSSR count). The molecule has 0 unspecified atom stereocenters. The number of nitrogens with one attached hydrogen (secondary N) is 1. The molecule has 134 valence electrons. The van der Waals surface area contributed by atoms with E-state index in [1.54, 1.807) is 41.7 Å². The Labute approximate surface area is 152 Å². The van der Waals surface area contributed by atoms with Gasteiger partial charge in [-0.25, -0.2) is 8.42 Å². The molecule has 1 N–H and O–H groups in total. The molecule has 0 radical (unpaired) electrons. The number of halogens is 3. The standard InChI is InChI=1S/C16H14F3NO2S3/c17-16(18,19)12-4-6-14(7-5-12)25(21,22)20-13-3-1-2-11(10-13)15-23-8-9-24-15/h1-7,10,15,20H,8-9H2. The van der Waals surface area contributed by atoms with Gasteiger partial charge in [0.25, 0.3) is 10.0 Å². The third-order valence-electron chi connectivity index (χ3n) is 3.52. The lowest BCUT2D eigenvalue weighted by Crippen LogP contribution is -2.14. The number of anilines is 1. The summed E-state index contributed by atoms with van der Waals surface area (Å²) in [4.78, 5) is -0.212. The Kier molecular flexibility index (Phi) is 5.26. The van der Waals surface area contributed by atoms with Crippen LogP contribution in [0.2, 0.25) is 0 Å². The SMILES string of the molecule is O=S(=O)(Nc1cccc(C2SCCS2)c1)c1ccc(C(F)(F)F)cc1. The van der Waals surface area contributed by atoms with E-state index in [1.165, 1.54) is 0 Å². The average Bonchev–Trinajstić information content (AvgIpc) is 3.08. The molecule has 1 aliphatic heterocycles. The van der Waals surface area contributed by atoms with Crippen LogP contribution in [0.1, 0.15) is 15.7 Å². The molecule has 3 nitrogen and oxygen atoms in total. The summed E-state index contributed by atoms with van der Waals surface area (Å²) in [5.41, 5.74) is 0.523. The Morgan fingerprint density at radius 1 is 1.00 bits per heavy atom. The Morgan fingerprint density at radius 2 is 1.64 bits per heavy atom. The van der Waals surface area contributed by atoms with Crippen molar-refractivity contribution in [2.75, 3.05) is 16.2 Å². The summed E-state index contributed by atoms with van der Waals surface area (Å²) in [5.74, 6) is 2.10. The first-order valence-corrected chi connectivity index (χ1v) is 10.9. The predicted octanol–water partition coefficient (Wildman–Crippen LogP) is 4.98. The van der Waals surface area contributed by atoms with Crippen molar-refractivity contribution < 1.29 is 21.6 Å². The molecule has 1 saturated heterocycles. The second-order valence-electron chi connectivity index (χ2n) is 5.33. The Hall–Kier alpha value is -1.32. The van der Waals surface area contributed by atoms with Crippen molar-refractivity contribution >= 4 is 39.2 Å². The minimum atomic E-state index is -4.50. The van der Waals surface area contributed by atoms with Crippen LogP contribution in [-0.2, 0) is 16.2 Å². The highest BCUT2D eigenvalue weighted by Gasteiger charge is 2.30. The van der Waals surface area contributed by atoms with Gasteiger partial charge in [-0.2, -0.15) is 13.2 Å². The number of sulfonamides is 1. The molecule has 25 heavy (non-hydrogen) atoms. The lowest BCUT2D eigenvalue weighted by atomic mass is 10.2. The van der Waals surface area contributed by atoms with Gasteiger partial charge < -0.3 is 0 Å². The van der Waals surface area contributed by atoms with Crippen LogP contribution in [0.3, 0.4) is 0 Å². The van der Waals surface area contributed by atoms with Gasteiger partial charge in [0.2, 0.25) is 0 Å². The van der Waals surface area contributed by atoms with Crippen LogP contribution >= 0.6 is 23.5 Å². The highest BCUT2D eigenvalue weighted by molar-refractivity contribution is 8.19. The van der Waals surface area contributed by atoms with Crippen LogP contribution in [-0.4, -0.2) is 19.9 Å². The van der Waals surface area contributed by atoms with Crippen LogP contribution in [0, 0.1) is 0 Å². The van der Waals surface area contributed by atoms with Gasteiger partial charge >= 0.3 is 6.18 Å². The molecule has 0 aromatic heterocycles. The fourth-order valence-electron chi connectivity index (χ4n) is 2.34. The van der Waals surface area contributed by atoms with Gasteiger partial charge in [0.15, 0.2) is 0 Å². The van der Waals surface area contributed by atoms with E-state index in [9.17, 15) is 21.6 Å². The molecule has 0 bridgehead atoms. The molecule has 0 amide bonds. The van der Waals surface area contributed by atoms with Gasteiger partial charge in [-0.1, -0.05) is 12.1 Å². The van der Waals surface area contributed by atoms with Crippen LogP contribution in [0.5, 0.6) is 0 Å². The van der Waals surface area contributed by atoms with Crippen LogP contribution in [0.4, 0.5) is 18.9 Å². The van der Waals surface area contributed by atoms with E-state index in [4.69, 9.17) is 0 Å². The summed E-state index contributed by atoms with van der Waals surface area (Å²) in [6, 6.07) is 10.5. The molecule has 0 aliphatic carbocycles. The van der Waals surface area contributed by atoms with Gasteiger partial charge in [-0.05, 0) is 42.0 Å². The Morgan fingerprint density at radius 3 is 2.24 bits per heavy atom. The van der Waals surface area contributed by atoms with E-state index < -0.39 is 21.8 Å². The maximum absolute atomic E-state index is 12.6. The fraction of sp³-hybridized carbons (Fsp3) is 0.250. The minimum absolute atomic E-state index is 0.212. The summed E-state index contributed by atoms with van der Waals surface area (Å²) >= 11 is 3.60. The highest BCUT2D eigenvalue weighted by Crippen LogP contribution is 2.45. The zero-order valence-corrected chi connectivity index (χ0v) is 15.2. The number of benzene rings is 2. The van der Waals surface area contributed by atoms with Crippen LogP contribution in [0.25, 0.3) is 0 Å². The van der Waals surface area contributed by atoms with Crippen molar-refractivity contribution in [1.29, 1.82) is 0 Å². The quantitative estimate of drug-likeness (QED) is 0.779. The van der Waals surface area contributed by atoms with E-state index >= 15 is 0 Å². The molecule has 2 aromatic rings. The zero-order chi connectivity index (χ0) is 18.1. The number of hydrogen-bond acceptors (Lipinski definition) is 4. The summed E-state index contributed by atoms with van der Waals surface area (Å²) in [6.07, 6.45) is -4.50. The molecule has 1 fully saturated rings. The Balaban J connectivity index is 1.80. The number of rotatable bonds is 4. The lowest BCUT2D eigenvalue weighted by Gasteiger charge is -2.13. The predicted molar refractivity (Wildman–Crippen MR) is 96.4 cm³/mol. The summed E-state index contributed by atoms with van der Waals surface area (Å²) in [5, 5.41) is 0. The van der Waals surface area contributed by atoms with Crippen LogP contribution < -0.4 is 4.72 Å². The monoisotopic (exact) mass is 405 g/mol. The Bertz CT molecular complexity index is 846. The van der Waals surface area contributed by atoms with Crippen molar-refractivity contribution in [3.05, 3.63) is 59.7 Å². The first-order chi connectivity index (χ1) is 11.8. The van der Waals surface area contributed by atoms with Crippen molar-refractivity contribution in [3.8, 4) is 0 Å². The number of hydrogen-bond donors (Lipinski definition) is 1. The maximum Gasteiger partial charge on any atom is 0.416 e. The number of thioether (sulfide) groups is 2. The van der Waals surface area contributed by atoms with Crippen molar-refractivity contribution in [2.45, 2.75) is 15.7 Å². The maximum atomic E-state index is 12.6. The van der Waals surface area contributed by atoms with Gasteiger partial charge in [0.05, 0.1) is 15.0 Å². The van der Waals surface area contributed by atoms with Crippen LogP contribution in [0.15, 0.2) is 53.4 Å². The molecule has 1 aliphatic rings. The van der Waals surface area contributed by atoms with Gasteiger partial charge in [-0.3, -0.25) is 4.72 Å². The molecular formula is C16H14F3NO2S3. The molecular weight excluding hydrogens is 391 g/mol. The molecule has 2 aromatic carbocycles. The van der Waals surface area contributed by atoms with E-state index in [0.29, 0.717) is 5.69 Å². The number of alkyl halides is 3. The molecule has 0 saturated carbocycles.